The third-order valence-electron chi connectivity index (χ3n) is 2.62. The van der Waals surface area contributed by atoms with E-state index >= 15 is 0 Å². The largest absolute Gasteiger partial charge is 0.434 e. The molecule has 0 saturated heterocycles. The molecule has 20 heavy (non-hydrogen) atoms. The molecule has 7 heteroatoms. The lowest BCUT2D eigenvalue weighted by Crippen LogP contribution is -2.16. The van der Waals surface area contributed by atoms with Crippen molar-refractivity contribution in [2.24, 2.45) is 0 Å². The summed E-state index contributed by atoms with van der Waals surface area (Å²) in [6.45, 7) is -1.06. The van der Waals surface area contributed by atoms with Crippen molar-refractivity contribution in [3.8, 4) is 17.1 Å². The van der Waals surface area contributed by atoms with Gasteiger partial charge in [-0.15, -0.1) is 0 Å². The van der Waals surface area contributed by atoms with Crippen LogP contribution in [0.2, 0.25) is 0 Å². The Morgan fingerprint density at radius 3 is 2.75 bits per heavy atom. The minimum Gasteiger partial charge on any atom is -0.434 e. The van der Waals surface area contributed by atoms with E-state index in [9.17, 15) is 13.6 Å². The van der Waals surface area contributed by atoms with Crippen molar-refractivity contribution in [2.75, 3.05) is 0 Å². The fourth-order valence-corrected chi connectivity index (χ4v) is 2.37. The minimum atomic E-state index is -2.93. The summed E-state index contributed by atoms with van der Waals surface area (Å²) >= 11 is 1.91. The molecule has 2 aromatic rings. The highest BCUT2D eigenvalue weighted by Gasteiger charge is 2.14. The maximum Gasteiger partial charge on any atom is 0.387 e. The van der Waals surface area contributed by atoms with Crippen LogP contribution in [0.5, 0.6) is 5.75 Å². The number of nitrogens with zero attached hydrogens (tertiary/aromatic N) is 1. The lowest BCUT2D eigenvalue weighted by Gasteiger charge is -2.11. The standard InChI is InChI=1S/C13H11F2IN2O2/c1-2-8-10(16)12(19)18-11(17-8)7-5-3-4-6-9(7)20-13(14)15/h3-6,13H,2H2,1H3,(H,17,18,19). The van der Waals surface area contributed by atoms with Gasteiger partial charge in [0.05, 0.1) is 14.8 Å². The first-order valence-electron chi connectivity index (χ1n) is 5.85. The number of hydrogen-bond acceptors (Lipinski definition) is 3. The second kappa shape index (κ2) is 6.29. The Bertz CT molecular complexity index is 674. The van der Waals surface area contributed by atoms with Crippen LogP contribution in [0.3, 0.4) is 0 Å². The zero-order valence-corrected chi connectivity index (χ0v) is 12.6. The molecule has 4 nitrogen and oxygen atoms in total. The quantitative estimate of drug-likeness (QED) is 0.814. The van der Waals surface area contributed by atoms with Gasteiger partial charge in [0.15, 0.2) is 0 Å². The van der Waals surface area contributed by atoms with Gasteiger partial charge in [0, 0.05) is 0 Å². The Labute approximate surface area is 127 Å². The highest BCUT2D eigenvalue weighted by atomic mass is 127. The normalized spacial score (nSPS) is 10.8. The molecule has 0 spiro atoms. The second-order valence-electron chi connectivity index (χ2n) is 3.90. The molecule has 1 aromatic carbocycles. The summed E-state index contributed by atoms with van der Waals surface area (Å²) in [6.07, 6.45) is 0.576. The number of benzene rings is 1. The molecule has 0 unspecified atom stereocenters. The van der Waals surface area contributed by atoms with Gasteiger partial charge in [-0.2, -0.15) is 8.78 Å². The highest BCUT2D eigenvalue weighted by molar-refractivity contribution is 14.1. The number of aromatic amines is 1. The van der Waals surface area contributed by atoms with Gasteiger partial charge in [0.25, 0.3) is 5.56 Å². The van der Waals surface area contributed by atoms with Gasteiger partial charge >= 0.3 is 6.61 Å². The summed E-state index contributed by atoms with van der Waals surface area (Å²) in [5, 5.41) is 0. The highest BCUT2D eigenvalue weighted by Crippen LogP contribution is 2.28. The topological polar surface area (TPSA) is 55.0 Å². The lowest BCUT2D eigenvalue weighted by atomic mass is 10.2. The molecule has 0 aliphatic rings. The van der Waals surface area contributed by atoms with Crippen LogP contribution in [-0.2, 0) is 6.42 Å². The molecule has 0 atom stereocenters. The van der Waals surface area contributed by atoms with E-state index in [2.05, 4.69) is 14.7 Å². The van der Waals surface area contributed by atoms with Crippen molar-refractivity contribution in [1.82, 2.24) is 9.97 Å². The van der Waals surface area contributed by atoms with Gasteiger partial charge in [0.2, 0.25) is 0 Å². The molecule has 0 aliphatic carbocycles. The zero-order chi connectivity index (χ0) is 14.7. The number of nitrogens with one attached hydrogen (secondary N) is 1. The van der Waals surface area contributed by atoms with E-state index in [1.54, 1.807) is 18.2 Å². The molecule has 1 heterocycles. The number of halogens is 3. The van der Waals surface area contributed by atoms with Crippen molar-refractivity contribution < 1.29 is 13.5 Å². The van der Waals surface area contributed by atoms with E-state index in [4.69, 9.17) is 0 Å². The summed E-state index contributed by atoms with van der Waals surface area (Å²) in [7, 11) is 0. The molecule has 2 rings (SSSR count). The number of alkyl halides is 2. The first-order chi connectivity index (χ1) is 9.52. The first kappa shape index (κ1) is 14.9. The average Bonchev–Trinajstić information content (AvgIpc) is 2.42. The van der Waals surface area contributed by atoms with Gasteiger partial charge in [-0.1, -0.05) is 19.1 Å². The minimum absolute atomic E-state index is 0.0195. The number of H-pyrrole nitrogens is 1. The third kappa shape index (κ3) is 3.14. The van der Waals surface area contributed by atoms with E-state index in [0.29, 0.717) is 21.2 Å². The van der Waals surface area contributed by atoms with Crippen LogP contribution >= 0.6 is 22.6 Å². The number of hydrogen-bond donors (Lipinski definition) is 1. The fourth-order valence-electron chi connectivity index (χ4n) is 1.73. The van der Waals surface area contributed by atoms with Crippen LogP contribution < -0.4 is 10.3 Å². The van der Waals surface area contributed by atoms with Gasteiger partial charge in [-0.3, -0.25) is 4.79 Å². The van der Waals surface area contributed by atoms with E-state index in [1.807, 2.05) is 29.5 Å². The fraction of sp³-hybridized carbons (Fsp3) is 0.231. The van der Waals surface area contributed by atoms with Crippen molar-refractivity contribution in [1.29, 1.82) is 0 Å². The van der Waals surface area contributed by atoms with E-state index < -0.39 is 6.61 Å². The molecular formula is C13H11F2IN2O2. The van der Waals surface area contributed by atoms with Crippen LogP contribution in [0.15, 0.2) is 29.1 Å². The molecule has 0 amide bonds. The number of ether oxygens (including phenoxy) is 1. The first-order valence-corrected chi connectivity index (χ1v) is 6.93. The Balaban J connectivity index is 2.57. The maximum atomic E-state index is 12.4. The van der Waals surface area contributed by atoms with E-state index in [1.165, 1.54) is 6.07 Å². The van der Waals surface area contributed by atoms with Crippen LogP contribution in [0.25, 0.3) is 11.4 Å². The van der Waals surface area contributed by atoms with Gasteiger partial charge in [-0.25, -0.2) is 4.98 Å². The Hall–Kier alpha value is -1.51. The molecule has 0 aliphatic heterocycles. The number of rotatable bonds is 4. The summed E-state index contributed by atoms with van der Waals surface area (Å²) in [6, 6.07) is 6.22. The molecule has 0 radical (unpaired) electrons. The molecule has 106 valence electrons. The molecule has 0 bridgehead atoms. The molecule has 1 aromatic heterocycles. The number of aromatic nitrogens is 2. The van der Waals surface area contributed by atoms with Crippen LogP contribution in [0.1, 0.15) is 12.6 Å². The van der Waals surface area contributed by atoms with Gasteiger partial charge in [-0.05, 0) is 41.1 Å². The SMILES string of the molecule is CCc1nc(-c2ccccc2OC(F)F)[nH]c(=O)c1I. The third-order valence-corrected chi connectivity index (χ3v) is 3.74. The lowest BCUT2D eigenvalue weighted by molar-refractivity contribution is -0.0494. The van der Waals surface area contributed by atoms with Gasteiger partial charge < -0.3 is 9.72 Å². The van der Waals surface area contributed by atoms with Crippen molar-refractivity contribution in [2.45, 2.75) is 20.0 Å². The Morgan fingerprint density at radius 1 is 1.40 bits per heavy atom. The van der Waals surface area contributed by atoms with Crippen LogP contribution in [0, 0.1) is 3.57 Å². The molecule has 0 fully saturated rings. The van der Waals surface area contributed by atoms with E-state index in [0.717, 1.165) is 0 Å². The predicted molar refractivity (Wildman–Crippen MR) is 79.0 cm³/mol. The second-order valence-corrected chi connectivity index (χ2v) is 4.98. The smallest absolute Gasteiger partial charge is 0.387 e. The van der Waals surface area contributed by atoms with Crippen molar-refractivity contribution in [3.63, 3.8) is 0 Å². The van der Waals surface area contributed by atoms with Gasteiger partial charge in [0.1, 0.15) is 11.6 Å². The molecular weight excluding hydrogens is 381 g/mol. The van der Waals surface area contributed by atoms with Crippen LogP contribution in [-0.4, -0.2) is 16.6 Å². The number of aryl methyl sites for hydroxylation is 1. The average molecular weight is 392 g/mol. The van der Waals surface area contributed by atoms with Crippen molar-refractivity contribution in [3.05, 3.63) is 43.9 Å². The summed E-state index contributed by atoms with van der Waals surface area (Å²) in [5.74, 6) is 0.206. The summed E-state index contributed by atoms with van der Waals surface area (Å²) in [5.41, 5.74) is 0.659. The molecule has 0 saturated carbocycles. The summed E-state index contributed by atoms with van der Waals surface area (Å²) in [4.78, 5) is 18.7. The Kier molecular flexibility index (Phi) is 4.69. The van der Waals surface area contributed by atoms with E-state index in [-0.39, 0.29) is 17.1 Å². The maximum absolute atomic E-state index is 12.4. The van der Waals surface area contributed by atoms with Crippen molar-refractivity contribution >= 4 is 22.6 Å². The summed E-state index contributed by atoms with van der Waals surface area (Å²) < 4.78 is 29.7. The zero-order valence-electron chi connectivity index (χ0n) is 10.5. The predicted octanol–water partition coefficient (Wildman–Crippen LogP) is 3.21. The Morgan fingerprint density at radius 2 is 2.10 bits per heavy atom. The monoisotopic (exact) mass is 392 g/mol. The molecule has 1 N–H and O–H groups in total. The number of para-hydroxylation sites is 1. The van der Waals surface area contributed by atoms with Crippen LogP contribution in [0.4, 0.5) is 8.78 Å².